The molecule has 25 heavy (non-hydrogen) atoms. The number of hydrogen-bond acceptors (Lipinski definition) is 4. The summed E-state index contributed by atoms with van der Waals surface area (Å²) in [4.78, 5) is 14.1. The van der Waals surface area contributed by atoms with Gasteiger partial charge in [-0.2, -0.15) is 0 Å². The molecule has 2 N–H and O–H groups in total. The summed E-state index contributed by atoms with van der Waals surface area (Å²) >= 11 is 0. The molecular weight excluding hydrogens is 319 g/mol. The first-order valence-electron chi connectivity index (χ1n) is 9.42. The van der Waals surface area contributed by atoms with Crippen LogP contribution in [0.1, 0.15) is 59.8 Å². The molecule has 1 saturated heterocycles. The van der Waals surface area contributed by atoms with Gasteiger partial charge in [-0.1, -0.05) is 6.08 Å². The van der Waals surface area contributed by atoms with Crippen molar-refractivity contribution in [3.05, 3.63) is 11.5 Å². The third-order valence-corrected chi connectivity index (χ3v) is 6.24. The molecule has 0 bridgehead atoms. The highest BCUT2D eigenvalue weighted by molar-refractivity contribution is 6.54. The Hall–Kier alpha value is -1.05. The van der Waals surface area contributed by atoms with Crippen molar-refractivity contribution < 1.29 is 19.2 Å². The van der Waals surface area contributed by atoms with Crippen molar-refractivity contribution in [2.45, 2.75) is 76.6 Å². The van der Waals surface area contributed by atoms with Crippen molar-refractivity contribution in [1.82, 2.24) is 10.2 Å². The first-order chi connectivity index (χ1) is 11.6. The lowest BCUT2D eigenvalue weighted by molar-refractivity contribution is -0.0390. The molecular formula is C18H31BN2O4. The second-order valence-electron chi connectivity index (χ2n) is 8.62. The Kier molecular flexibility index (Phi) is 4.94. The second kappa shape index (κ2) is 6.60. The van der Waals surface area contributed by atoms with Crippen LogP contribution in [0.15, 0.2) is 11.5 Å². The van der Waals surface area contributed by atoms with Crippen LogP contribution >= 0.6 is 0 Å². The molecule has 0 radical (unpaired) electrons. The predicted molar refractivity (Wildman–Crippen MR) is 97.2 cm³/mol. The standard InChI is InChI=1S/C18H31BN2O4/c1-16(2)17(3,4)25-19(24-16)14-6-12-21(13-7-14)15(22)20-11-10-18(23)8-5-9-18/h6,23H,5,7-13H2,1-4H3,(H,20,22). The van der Waals surface area contributed by atoms with Crippen molar-refractivity contribution in [2.24, 2.45) is 0 Å². The van der Waals surface area contributed by atoms with E-state index >= 15 is 0 Å². The number of aliphatic hydroxyl groups is 1. The van der Waals surface area contributed by atoms with E-state index in [2.05, 4.69) is 5.32 Å². The van der Waals surface area contributed by atoms with E-state index in [4.69, 9.17) is 9.31 Å². The fraction of sp³-hybridized carbons (Fsp3) is 0.833. The topological polar surface area (TPSA) is 71.0 Å². The molecule has 0 unspecified atom stereocenters. The Morgan fingerprint density at radius 2 is 1.92 bits per heavy atom. The first kappa shape index (κ1) is 18.7. The summed E-state index contributed by atoms with van der Waals surface area (Å²) in [7, 11) is -0.317. The van der Waals surface area contributed by atoms with Crippen LogP contribution in [-0.2, 0) is 9.31 Å². The predicted octanol–water partition coefficient (Wildman–Crippen LogP) is 2.26. The molecule has 0 aromatic heterocycles. The molecule has 1 aliphatic carbocycles. The Morgan fingerprint density at radius 3 is 2.40 bits per heavy atom. The van der Waals surface area contributed by atoms with Crippen LogP contribution in [0.2, 0.25) is 0 Å². The summed E-state index contributed by atoms with van der Waals surface area (Å²) in [6.45, 7) is 9.94. The average Bonchev–Trinajstić information content (AvgIpc) is 2.74. The molecule has 0 aromatic carbocycles. The summed E-state index contributed by atoms with van der Waals surface area (Å²) < 4.78 is 12.2. The van der Waals surface area contributed by atoms with Crippen LogP contribution in [0.5, 0.6) is 0 Å². The molecule has 2 heterocycles. The minimum atomic E-state index is -0.543. The molecule has 2 fully saturated rings. The van der Waals surface area contributed by atoms with Crippen LogP contribution in [-0.4, -0.2) is 59.6 Å². The van der Waals surface area contributed by atoms with Gasteiger partial charge < -0.3 is 24.6 Å². The van der Waals surface area contributed by atoms with Gasteiger partial charge in [-0.15, -0.1) is 0 Å². The van der Waals surface area contributed by atoms with Crippen molar-refractivity contribution in [2.75, 3.05) is 19.6 Å². The van der Waals surface area contributed by atoms with E-state index in [9.17, 15) is 9.90 Å². The van der Waals surface area contributed by atoms with E-state index < -0.39 is 5.60 Å². The summed E-state index contributed by atoms with van der Waals surface area (Å²) in [5, 5.41) is 13.0. The summed E-state index contributed by atoms with van der Waals surface area (Å²) in [6.07, 6.45) is 6.24. The number of amides is 2. The van der Waals surface area contributed by atoms with Crippen molar-refractivity contribution >= 4 is 13.1 Å². The molecule has 0 spiro atoms. The second-order valence-corrected chi connectivity index (χ2v) is 8.62. The Morgan fingerprint density at radius 1 is 1.28 bits per heavy atom. The number of carbonyl (C=O) groups is 1. The number of nitrogens with one attached hydrogen (secondary N) is 1. The maximum atomic E-state index is 12.3. The van der Waals surface area contributed by atoms with Crippen LogP contribution in [0, 0.1) is 0 Å². The van der Waals surface area contributed by atoms with E-state index in [0.717, 1.165) is 31.2 Å². The van der Waals surface area contributed by atoms with E-state index in [1.165, 1.54) is 0 Å². The molecule has 0 atom stereocenters. The van der Waals surface area contributed by atoms with Gasteiger partial charge in [0.15, 0.2) is 0 Å². The molecule has 1 saturated carbocycles. The largest absolute Gasteiger partial charge is 0.490 e. The van der Waals surface area contributed by atoms with E-state index in [1.807, 2.05) is 33.8 Å². The fourth-order valence-electron chi connectivity index (χ4n) is 3.43. The maximum absolute atomic E-state index is 12.3. The lowest BCUT2D eigenvalue weighted by atomic mass is 9.75. The SMILES string of the molecule is CC1(C)OB(C2=CCN(C(=O)NCCC3(O)CCC3)CC2)OC1(C)C. The lowest BCUT2D eigenvalue weighted by Gasteiger charge is -2.37. The van der Waals surface area contributed by atoms with Crippen LogP contribution in [0.3, 0.4) is 0 Å². The van der Waals surface area contributed by atoms with Crippen LogP contribution < -0.4 is 5.32 Å². The number of carbonyl (C=O) groups excluding carboxylic acids is 1. The summed E-state index contributed by atoms with van der Waals surface area (Å²) in [5.74, 6) is 0. The Bertz CT molecular complexity index is 541. The van der Waals surface area contributed by atoms with Gasteiger partial charge >= 0.3 is 13.1 Å². The van der Waals surface area contributed by atoms with Gasteiger partial charge in [0.05, 0.1) is 16.8 Å². The van der Waals surface area contributed by atoms with Crippen molar-refractivity contribution in [1.29, 1.82) is 0 Å². The Balaban J connectivity index is 1.46. The van der Waals surface area contributed by atoms with Crippen LogP contribution in [0.4, 0.5) is 4.79 Å². The first-order valence-corrected chi connectivity index (χ1v) is 9.42. The molecule has 2 amide bonds. The zero-order valence-corrected chi connectivity index (χ0v) is 15.9. The van der Waals surface area contributed by atoms with Crippen LogP contribution in [0.25, 0.3) is 0 Å². The van der Waals surface area contributed by atoms with E-state index in [1.54, 1.807) is 4.90 Å². The van der Waals surface area contributed by atoms with E-state index in [0.29, 0.717) is 26.1 Å². The smallest absolute Gasteiger partial charge is 0.400 e. The third kappa shape index (κ3) is 3.88. The zero-order valence-electron chi connectivity index (χ0n) is 15.9. The highest BCUT2D eigenvalue weighted by Crippen LogP contribution is 2.39. The number of nitrogens with zero attached hydrogens (tertiary/aromatic N) is 1. The highest BCUT2D eigenvalue weighted by atomic mass is 16.7. The van der Waals surface area contributed by atoms with Gasteiger partial charge in [0, 0.05) is 19.6 Å². The minimum Gasteiger partial charge on any atom is -0.400 e. The lowest BCUT2D eigenvalue weighted by Crippen LogP contribution is -2.46. The molecule has 6 nitrogen and oxygen atoms in total. The molecule has 2 aliphatic heterocycles. The van der Waals surface area contributed by atoms with E-state index in [-0.39, 0.29) is 24.4 Å². The average molecular weight is 350 g/mol. The van der Waals surface area contributed by atoms with Gasteiger partial charge in [0.1, 0.15) is 0 Å². The highest BCUT2D eigenvalue weighted by Gasteiger charge is 2.52. The third-order valence-electron chi connectivity index (χ3n) is 6.24. The zero-order chi connectivity index (χ0) is 18.3. The van der Waals surface area contributed by atoms with Gasteiger partial charge in [-0.3, -0.25) is 0 Å². The van der Waals surface area contributed by atoms with Gasteiger partial charge in [-0.05, 0) is 65.3 Å². The molecule has 140 valence electrons. The van der Waals surface area contributed by atoms with Crippen molar-refractivity contribution in [3.63, 3.8) is 0 Å². The molecule has 3 rings (SSSR count). The maximum Gasteiger partial charge on any atom is 0.490 e. The molecule has 3 aliphatic rings. The molecule has 7 heteroatoms. The van der Waals surface area contributed by atoms with Gasteiger partial charge in [0.2, 0.25) is 0 Å². The number of hydrogen-bond donors (Lipinski definition) is 2. The van der Waals surface area contributed by atoms with Gasteiger partial charge in [0.25, 0.3) is 0 Å². The summed E-state index contributed by atoms with van der Waals surface area (Å²) in [6, 6.07) is -0.0628. The normalized spacial score (nSPS) is 26.8. The number of rotatable bonds is 4. The number of urea groups is 1. The fourth-order valence-corrected chi connectivity index (χ4v) is 3.43. The van der Waals surface area contributed by atoms with Crippen molar-refractivity contribution in [3.8, 4) is 0 Å². The Labute approximate surface area is 151 Å². The monoisotopic (exact) mass is 350 g/mol. The summed E-state index contributed by atoms with van der Waals surface area (Å²) in [5.41, 5.74) is -0.103. The quantitative estimate of drug-likeness (QED) is 0.763. The molecule has 0 aromatic rings. The minimum absolute atomic E-state index is 0.0628. The van der Waals surface area contributed by atoms with Gasteiger partial charge in [-0.25, -0.2) is 4.79 Å².